The summed E-state index contributed by atoms with van der Waals surface area (Å²) >= 11 is 0. The van der Waals surface area contributed by atoms with Gasteiger partial charge in [0, 0.05) is 26.6 Å². The van der Waals surface area contributed by atoms with Crippen LogP contribution < -0.4 is 11.0 Å². The fraction of sp³-hybridized carbons (Fsp3) is 0.467. The maximum Gasteiger partial charge on any atom is 0.328 e. The number of aryl methyl sites for hydroxylation is 2. The molecule has 0 unspecified atom stereocenters. The zero-order chi connectivity index (χ0) is 14.1. The van der Waals surface area contributed by atoms with E-state index in [1.807, 2.05) is 24.3 Å². The third kappa shape index (κ3) is 2.48. The number of hydrogen-bond donors (Lipinski definition) is 1. The number of benzene rings is 1. The Hall–Kier alpha value is -2.04. The predicted octanol–water partition coefficient (Wildman–Crippen LogP) is 1.26. The van der Waals surface area contributed by atoms with E-state index in [-0.39, 0.29) is 11.6 Å². The van der Waals surface area contributed by atoms with E-state index < -0.39 is 0 Å². The number of hydrogen-bond acceptors (Lipinski definition) is 2. The van der Waals surface area contributed by atoms with Gasteiger partial charge in [0.15, 0.2) is 0 Å². The Labute approximate surface area is 117 Å². The lowest BCUT2D eigenvalue weighted by atomic mass is 10.3. The molecular formula is C15H19N3O2. The minimum Gasteiger partial charge on any atom is -0.356 e. The summed E-state index contributed by atoms with van der Waals surface area (Å²) in [7, 11) is 1.76. The molecule has 5 heteroatoms. The summed E-state index contributed by atoms with van der Waals surface area (Å²) in [4.78, 5) is 23.9. The third-order valence-electron chi connectivity index (χ3n) is 3.90. The smallest absolute Gasteiger partial charge is 0.328 e. The minimum atomic E-state index is -0.0683. The zero-order valence-electron chi connectivity index (χ0n) is 11.6. The van der Waals surface area contributed by atoms with Gasteiger partial charge in [0.05, 0.1) is 11.0 Å². The molecule has 1 N–H and O–H groups in total. The number of aromatic nitrogens is 2. The molecule has 1 fully saturated rings. The molecule has 3 rings (SSSR count). The number of para-hydroxylation sites is 2. The molecule has 5 nitrogen and oxygen atoms in total. The van der Waals surface area contributed by atoms with E-state index >= 15 is 0 Å². The van der Waals surface area contributed by atoms with Crippen molar-refractivity contribution in [3.05, 3.63) is 34.7 Å². The quantitative estimate of drug-likeness (QED) is 0.891. The average molecular weight is 273 g/mol. The molecule has 1 aliphatic rings. The number of nitrogens with one attached hydrogen (secondary N) is 1. The highest BCUT2D eigenvalue weighted by Gasteiger charge is 2.21. The molecule has 2 aromatic rings. The molecule has 0 radical (unpaired) electrons. The van der Waals surface area contributed by atoms with Crippen molar-refractivity contribution in [3.63, 3.8) is 0 Å². The topological polar surface area (TPSA) is 56.0 Å². The molecule has 0 aliphatic heterocycles. The van der Waals surface area contributed by atoms with Crippen molar-refractivity contribution in [1.82, 2.24) is 14.5 Å². The summed E-state index contributed by atoms with van der Waals surface area (Å²) in [5.74, 6) is 0.705. The molecule has 1 aromatic carbocycles. The fourth-order valence-electron chi connectivity index (χ4n) is 2.46. The maximum atomic E-state index is 12.2. The molecule has 1 heterocycles. The highest BCUT2D eigenvalue weighted by atomic mass is 16.2. The molecule has 106 valence electrons. The number of nitrogens with zero attached hydrogens (tertiary/aromatic N) is 2. The van der Waals surface area contributed by atoms with Crippen LogP contribution in [0.3, 0.4) is 0 Å². The van der Waals surface area contributed by atoms with Gasteiger partial charge in [-0.1, -0.05) is 12.1 Å². The summed E-state index contributed by atoms with van der Waals surface area (Å²) in [6.45, 7) is 1.21. The highest BCUT2D eigenvalue weighted by Crippen LogP contribution is 2.27. The summed E-state index contributed by atoms with van der Waals surface area (Å²) < 4.78 is 3.30. The van der Waals surface area contributed by atoms with Crippen molar-refractivity contribution in [3.8, 4) is 0 Å². The molecule has 0 bridgehead atoms. The van der Waals surface area contributed by atoms with E-state index in [4.69, 9.17) is 0 Å². The van der Waals surface area contributed by atoms with Crippen LogP contribution in [0, 0.1) is 5.92 Å². The Bertz CT molecular complexity index is 695. The first kappa shape index (κ1) is 13.0. The van der Waals surface area contributed by atoms with Crippen LogP contribution in [0.15, 0.2) is 29.1 Å². The van der Waals surface area contributed by atoms with Crippen LogP contribution in [0.1, 0.15) is 19.3 Å². The number of fused-ring (bicyclic) bond motifs is 1. The molecule has 0 atom stereocenters. The van der Waals surface area contributed by atoms with E-state index in [0.29, 0.717) is 18.9 Å². The molecule has 20 heavy (non-hydrogen) atoms. The zero-order valence-corrected chi connectivity index (χ0v) is 11.6. The van der Waals surface area contributed by atoms with E-state index in [9.17, 15) is 9.59 Å². The van der Waals surface area contributed by atoms with Crippen molar-refractivity contribution in [2.24, 2.45) is 13.0 Å². The number of imidazole rings is 1. The van der Waals surface area contributed by atoms with Gasteiger partial charge in [-0.15, -0.1) is 0 Å². The first-order chi connectivity index (χ1) is 9.66. The lowest BCUT2D eigenvalue weighted by Crippen LogP contribution is -2.29. The van der Waals surface area contributed by atoms with Crippen LogP contribution in [0.25, 0.3) is 11.0 Å². The number of rotatable bonds is 5. The van der Waals surface area contributed by atoms with Gasteiger partial charge in [0.2, 0.25) is 5.91 Å². The first-order valence-corrected chi connectivity index (χ1v) is 7.08. The van der Waals surface area contributed by atoms with Gasteiger partial charge in [-0.3, -0.25) is 13.9 Å². The SMILES string of the molecule is Cn1c(=O)n(CCC(=O)NCC2CC2)c2ccccc21. The summed E-state index contributed by atoms with van der Waals surface area (Å²) in [6, 6.07) is 7.65. The Morgan fingerprint density at radius 1 is 1.30 bits per heavy atom. The lowest BCUT2D eigenvalue weighted by molar-refractivity contribution is -0.121. The first-order valence-electron chi connectivity index (χ1n) is 7.08. The average Bonchev–Trinajstić information content (AvgIpc) is 3.25. The Morgan fingerprint density at radius 3 is 2.70 bits per heavy atom. The largest absolute Gasteiger partial charge is 0.356 e. The second-order valence-electron chi connectivity index (χ2n) is 5.48. The van der Waals surface area contributed by atoms with Crippen LogP contribution >= 0.6 is 0 Å². The van der Waals surface area contributed by atoms with Gasteiger partial charge in [-0.2, -0.15) is 0 Å². The van der Waals surface area contributed by atoms with Crippen molar-refractivity contribution in [2.75, 3.05) is 6.54 Å². The summed E-state index contributed by atoms with van der Waals surface area (Å²) in [5, 5.41) is 2.93. The molecular weight excluding hydrogens is 254 g/mol. The fourth-order valence-corrected chi connectivity index (χ4v) is 2.46. The lowest BCUT2D eigenvalue weighted by Gasteiger charge is -2.05. The Kier molecular flexibility index (Phi) is 3.34. The van der Waals surface area contributed by atoms with Gasteiger partial charge in [-0.05, 0) is 30.9 Å². The Morgan fingerprint density at radius 2 is 2.00 bits per heavy atom. The maximum absolute atomic E-state index is 12.2. The van der Waals surface area contributed by atoms with E-state index in [1.165, 1.54) is 12.8 Å². The van der Waals surface area contributed by atoms with Crippen LogP contribution in [0.2, 0.25) is 0 Å². The molecule has 1 aromatic heterocycles. The summed E-state index contributed by atoms with van der Waals surface area (Å²) in [5.41, 5.74) is 1.71. The normalized spacial score (nSPS) is 14.7. The van der Waals surface area contributed by atoms with Crippen molar-refractivity contribution in [2.45, 2.75) is 25.8 Å². The minimum absolute atomic E-state index is 0.0248. The number of carbonyl (C=O) groups is 1. The Balaban J connectivity index is 1.72. The standard InChI is InChI=1S/C15H19N3O2/c1-17-12-4-2-3-5-13(12)18(15(17)20)9-8-14(19)16-10-11-6-7-11/h2-5,11H,6-10H2,1H3,(H,16,19). The number of amides is 1. The monoisotopic (exact) mass is 273 g/mol. The van der Waals surface area contributed by atoms with Gasteiger partial charge < -0.3 is 5.32 Å². The third-order valence-corrected chi connectivity index (χ3v) is 3.90. The highest BCUT2D eigenvalue weighted by molar-refractivity contribution is 5.77. The second-order valence-corrected chi connectivity index (χ2v) is 5.48. The second kappa shape index (κ2) is 5.15. The molecule has 1 saturated carbocycles. The van der Waals surface area contributed by atoms with E-state index in [0.717, 1.165) is 17.6 Å². The van der Waals surface area contributed by atoms with Crippen molar-refractivity contribution >= 4 is 16.9 Å². The predicted molar refractivity (Wildman–Crippen MR) is 77.5 cm³/mol. The van der Waals surface area contributed by atoms with Crippen LogP contribution in [-0.4, -0.2) is 21.6 Å². The molecule has 0 saturated heterocycles. The van der Waals surface area contributed by atoms with Crippen molar-refractivity contribution < 1.29 is 4.79 Å². The van der Waals surface area contributed by atoms with Gasteiger partial charge in [-0.25, -0.2) is 4.79 Å². The molecule has 1 amide bonds. The number of carbonyl (C=O) groups excluding carboxylic acids is 1. The van der Waals surface area contributed by atoms with E-state index in [1.54, 1.807) is 16.2 Å². The van der Waals surface area contributed by atoms with Crippen LogP contribution in [0.5, 0.6) is 0 Å². The van der Waals surface area contributed by atoms with Crippen LogP contribution in [0.4, 0.5) is 0 Å². The van der Waals surface area contributed by atoms with Gasteiger partial charge in [0.25, 0.3) is 0 Å². The molecule has 0 spiro atoms. The molecule has 1 aliphatic carbocycles. The van der Waals surface area contributed by atoms with Crippen LogP contribution in [-0.2, 0) is 18.4 Å². The van der Waals surface area contributed by atoms with Gasteiger partial charge in [0.1, 0.15) is 0 Å². The van der Waals surface area contributed by atoms with Crippen molar-refractivity contribution in [1.29, 1.82) is 0 Å². The summed E-state index contributed by atoms with van der Waals surface area (Å²) in [6.07, 6.45) is 2.80. The van der Waals surface area contributed by atoms with E-state index in [2.05, 4.69) is 5.32 Å². The van der Waals surface area contributed by atoms with Gasteiger partial charge >= 0.3 is 5.69 Å².